The topological polar surface area (TPSA) is 45.2 Å². The van der Waals surface area contributed by atoms with Crippen LogP contribution in [-0.2, 0) is 11.3 Å². The summed E-state index contributed by atoms with van der Waals surface area (Å²) in [5, 5.41) is 2.93. The summed E-state index contributed by atoms with van der Waals surface area (Å²) in [4.78, 5) is 19.1. The fourth-order valence-electron chi connectivity index (χ4n) is 3.60. The molecule has 2 aromatic rings. The molecule has 3 rings (SSSR count). The van der Waals surface area contributed by atoms with E-state index in [-0.39, 0.29) is 17.2 Å². The Kier molecular flexibility index (Phi) is 5.41. The smallest absolute Gasteiger partial charge is 0.226 e. The van der Waals surface area contributed by atoms with Crippen molar-refractivity contribution in [3.8, 4) is 0 Å². The second-order valence-corrected chi connectivity index (χ2v) is 8.90. The molecule has 1 aliphatic heterocycles. The Balaban J connectivity index is 1.83. The molecular weight excluding hydrogens is 360 g/mol. The summed E-state index contributed by atoms with van der Waals surface area (Å²) in [6, 6.07) is 5.58. The Labute approximate surface area is 165 Å². The zero-order chi connectivity index (χ0) is 20.6. The Morgan fingerprint density at radius 1 is 1.21 bits per heavy atom. The number of pyridine rings is 1. The number of aromatic nitrogens is 1. The number of carbonyl (C=O) groups excluding carboxylic acids is 1. The number of hydrogen-bond donors (Lipinski definition) is 1. The van der Waals surface area contributed by atoms with Gasteiger partial charge < -0.3 is 10.2 Å². The van der Waals surface area contributed by atoms with E-state index in [0.29, 0.717) is 30.9 Å². The standard InChI is InChI=1S/C22H27F2N3O/c1-13-6-18-20(26-21(13)25-19(28)10-22(3,4)5)14(2)11-27(18)12-15-7-16(23)9-17(24)8-15/h6-9,14H,10-12H2,1-5H3,(H,25,26,28)/t14-/m1/s1. The van der Waals surface area contributed by atoms with Gasteiger partial charge in [-0.1, -0.05) is 27.7 Å². The zero-order valence-corrected chi connectivity index (χ0v) is 17.1. The second kappa shape index (κ2) is 7.49. The summed E-state index contributed by atoms with van der Waals surface area (Å²) in [6.45, 7) is 11.1. The molecule has 0 spiro atoms. The number of benzene rings is 1. The molecule has 0 saturated heterocycles. The van der Waals surface area contributed by atoms with Crippen LogP contribution in [0.3, 0.4) is 0 Å². The van der Waals surface area contributed by atoms with Crippen LogP contribution in [0.2, 0.25) is 0 Å². The molecule has 1 atom stereocenters. The molecule has 1 N–H and O–H groups in total. The van der Waals surface area contributed by atoms with Crippen LogP contribution >= 0.6 is 0 Å². The molecule has 1 aromatic carbocycles. The number of nitrogens with zero attached hydrogens (tertiary/aromatic N) is 2. The van der Waals surface area contributed by atoms with Crippen LogP contribution in [-0.4, -0.2) is 17.4 Å². The van der Waals surface area contributed by atoms with Gasteiger partial charge in [0.1, 0.15) is 17.5 Å². The Morgan fingerprint density at radius 3 is 2.46 bits per heavy atom. The van der Waals surface area contributed by atoms with Crippen LogP contribution in [0, 0.1) is 24.0 Å². The van der Waals surface area contributed by atoms with E-state index in [1.54, 1.807) is 0 Å². The van der Waals surface area contributed by atoms with Gasteiger partial charge in [-0.15, -0.1) is 0 Å². The molecule has 0 aliphatic carbocycles. The molecule has 6 heteroatoms. The van der Waals surface area contributed by atoms with Crippen molar-refractivity contribution in [1.82, 2.24) is 4.98 Å². The summed E-state index contributed by atoms with van der Waals surface area (Å²) in [7, 11) is 0. The number of fused-ring (bicyclic) bond motifs is 1. The first-order valence-electron chi connectivity index (χ1n) is 9.53. The molecule has 1 aliphatic rings. The lowest BCUT2D eigenvalue weighted by Gasteiger charge is -2.21. The SMILES string of the molecule is Cc1cc2c(nc1NC(=O)CC(C)(C)C)[C@H](C)CN2Cc1cc(F)cc(F)c1. The van der Waals surface area contributed by atoms with E-state index in [1.807, 2.05) is 33.8 Å². The van der Waals surface area contributed by atoms with E-state index in [9.17, 15) is 13.6 Å². The van der Waals surface area contributed by atoms with Gasteiger partial charge in [0.2, 0.25) is 5.91 Å². The highest BCUT2D eigenvalue weighted by atomic mass is 19.1. The highest BCUT2D eigenvalue weighted by Crippen LogP contribution is 2.38. The van der Waals surface area contributed by atoms with Gasteiger partial charge in [0.15, 0.2) is 0 Å². The number of hydrogen-bond acceptors (Lipinski definition) is 3. The zero-order valence-electron chi connectivity index (χ0n) is 17.1. The second-order valence-electron chi connectivity index (χ2n) is 8.90. The number of aryl methyl sites for hydroxylation is 1. The van der Waals surface area contributed by atoms with Crippen molar-refractivity contribution in [2.45, 2.75) is 53.5 Å². The van der Waals surface area contributed by atoms with Gasteiger partial charge in [0.25, 0.3) is 0 Å². The fourth-order valence-corrected chi connectivity index (χ4v) is 3.60. The van der Waals surface area contributed by atoms with E-state index in [4.69, 9.17) is 4.98 Å². The molecule has 4 nitrogen and oxygen atoms in total. The summed E-state index contributed by atoms with van der Waals surface area (Å²) in [6.07, 6.45) is 0.415. The number of amides is 1. The van der Waals surface area contributed by atoms with Crippen molar-refractivity contribution in [2.75, 3.05) is 16.8 Å². The average molecular weight is 387 g/mol. The third kappa shape index (κ3) is 4.66. The summed E-state index contributed by atoms with van der Waals surface area (Å²) >= 11 is 0. The fraction of sp³-hybridized carbons (Fsp3) is 0.455. The molecule has 1 aromatic heterocycles. The van der Waals surface area contributed by atoms with Crippen LogP contribution in [0.25, 0.3) is 0 Å². The normalized spacial score (nSPS) is 16.2. The summed E-state index contributed by atoms with van der Waals surface area (Å²) in [5.41, 5.74) is 3.19. The van der Waals surface area contributed by atoms with Crippen LogP contribution in [0.4, 0.5) is 20.3 Å². The third-order valence-corrected chi connectivity index (χ3v) is 4.77. The van der Waals surface area contributed by atoms with E-state index in [0.717, 1.165) is 23.0 Å². The number of halogens is 2. The van der Waals surface area contributed by atoms with Gasteiger partial charge in [-0.05, 0) is 41.7 Å². The first-order chi connectivity index (χ1) is 13.0. The van der Waals surface area contributed by atoms with E-state index in [1.165, 1.54) is 12.1 Å². The molecular formula is C22H27F2N3O. The lowest BCUT2D eigenvalue weighted by Crippen LogP contribution is -2.21. The molecule has 0 bridgehead atoms. The number of nitrogens with one attached hydrogen (secondary N) is 1. The lowest BCUT2D eigenvalue weighted by molar-refractivity contribution is -0.117. The highest BCUT2D eigenvalue weighted by molar-refractivity contribution is 5.91. The number of rotatable bonds is 4. The van der Waals surface area contributed by atoms with E-state index < -0.39 is 11.6 Å². The van der Waals surface area contributed by atoms with Gasteiger partial charge in [-0.2, -0.15) is 0 Å². The quantitative estimate of drug-likeness (QED) is 0.787. The number of anilines is 2. The largest absolute Gasteiger partial charge is 0.365 e. The lowest BCUT2D eigenvalue weighted by atomic mass is 9.92. The van der Waals surface area contributed by atoms with Crippen molar-refractivity contribution in [2.24, 2.45) is 5.41 Å². The van der Waals surface area contributed by atoms with E-state index >= 15 is 0 Å². The third-order valence-electron chi connectivity index (χ3n) is 4.77. The molecule has 1 amide bonds. The van der Waals surface area contributed by atoms with Crippen molar-refractivity contribution >= 4 is 17.4 Å². The first kappa shape index (κ1) is 20.2. The van der Waals surface area contributed by atoms with Crippen molar-refractivity contribution in [1.29, 1.82) is 0 Å². The van der Waals surface area contributed by atoms with Gasteiger partial charge >= 0.3 is 0 Å². The molecule has 150 valence electrons. The highest BCUT2D eigenvalue weighted by Gasteiger charge is 2.29. The first-order valence-corrected chi connectivity index (χ1v) is 9.53. The van der Waals surface area contributed by atoms with Gasteiger partial charge in [-0.3, -0.25) is 4.79 Å². The van der Waals surface area contributed by atoms with Crippen LogP contribution in [0.15, 0.2) is 24.3 Å². The Morgan fingerprint density at radius 2 is 1.86 bits per heavy atom. The van der Waals surface area contributed by atoms with Crippen molar-refractivity contribution in [3.05, 3.63) is 52.7 Å². The van der Waals surface area contributed by atoms with E-state index in [2.05, 4.69) is 17.1 Å². The summed E-state index contributed by atoms with van der Waals surface area (Å²) < 4.78 is 27.0. The minimum Gasteiger partial charge on any atom is -0.365 e. The Bertz CT molecular complexity index is 885. The maximum Gasteiger partial charge on any atom is 0.226 e. The van der Waals surface area contributed by atoms with Gasteiger partial charge in [0.05, 0.1) is 11.4 Å². The van der Waals surface area contributed by atoms with Crippen LogP contribution in [0.5, 0.6) is 0 Å². The van der Waals surface area contributed by atoms with Gasteiger partial charge in [-0.25, -0.2) is 13.8 Å². The predicted molar refractivity (Wildman–Crippen MR) is 107 cm³/mol. The average Bonchev–Trinajstić information content (AvgIpc) is 2.80. The van der Waals surface area contributed by atoms with Crippen molar-refractivity contribution < 1.29 is 13.6 Å². The van der Waals surface area contributed by atoms with Crippen LogP contribution < -0.4 is 10.2 Å². The molecule has 2 heterocycles. The van der Waals surface area contributed by atoms with Gasteiger partial charge in [0, 0.05) is 31.5 Å². The minimum atomic E-state index is -0.575. The molecule has 0 fully saturated rings. The van der Waals surface area contributed by atoms with Crippen LogP contribution in [0.1, 0.15) is 56.9 Å². The molecule has 0 unspecified atom stereocenters. The number of carbonyl (C=O) groups is 1. The molecule has 0 saturated carbocycles. The molecule has 28 heavy (non-hydrogen) atoms. The maximum atomic E-state index is 13.5. The Hall–Kier alpha value is -2.50. The maximum absolute atomic E-state index is 13.5. The molecule has 0 radical (unpaired) electrons. The monoisotopic (exact) mass is 387 g/mol. The predicted octanol–water partition coefficient (Wildman–Crippen LogP) is 5.17. The summed E-state index contributed by atoms with van der Waals surface area (Å²) in [5.74, 6) is -0.464. The van der Waals surface area contributed by atoms with Crippen molar-refractivity contribution in [3.63, 3.8) is 0 Å². The minimum absolute atomic E-state index is 0.0548.